The lowest BCUT2D eigenvalue weighted by Gasteiger charge is -2.07. The quantitative estimate of drug-likeness (QED) is 0.882. The van der Waals surface area contributed by atoms with E-state index in [0.29, 0.717) is 5.92 Å². The molecule has 2 rings (SSSR count). The van der Waals surface area contributed by atoms with Gasteiger partial charge in [-0.3, -0.25) is 0 Å². The molecule has 0 saturated heterocycles. The lowest BCUT2D eigenvalue weighted by atomic mass is 10.0. The van der Waals surface area contributed by atoms with E-state index in [1.165, 1.54) is 17.7 Å². The molecule has 18 heavy (non-hydrogen) atoms. The first-order valence-corrected chi connectivity index (χ1v) is 6.68. The summed E-state index contributed by atoms with van der Waals surface area (Å²) in [6, 6.07) is 6.06. The number of benzene rings is 1. The van der Waals surface area contributed by atoms with Crippen LogP contribution in [0.4, 0.5) is 8.78 Å². The van der Waals surface area contributed by atoms with E-state index in [4.69, 9.17) is 0 Å². The van der Waals surface area contributed by atoms with Crippen molar-refractivity contribution in [3.63, 3.8) is 0 Å². The lowest BCUT2D eigenvalue weighted by Crippen LogP contribution is -2.14. The van der Waals surface area contributed by atoms with Gasteiger partial charge in [-0.05, 0) is 47.7 Å². The Hall–Kier alpha value is -1.26. The summed E-state index contributed by atoms with van der Waals surface area (Å²) in [7, 11) is 1.92. The molecule has 0 amide bonds. The molecule has 0 radical (unpaired) electrons. The molecule has 0 fully saturated rings. The average molecular weight is 267 g/mol. The Kier molecular flexibility index (Phi) is 4.09. The minimum Gasteiger partial charge on any atom is -0.319 e. The molecule has 2 aromatic rings. The van der Waals surface area contributed by atoms with Gasteiger partial charge in [0, 0.05) is 11.4 Å². The summed E-state index contributed by atoms with van der Waals surface area (Å²) >= 11 is 1.55. The van der Waals surface area contributed by atoms with Gasteiger partial charge in [0.1, 0.15) is 0 Å². The van der Waals surface area contributed by atoms with Gasteiger partial charge in [0.05, 0.1) is 0 Å². The third-order valence-corrected chi connectivity index (χ3v) is 3.90. The highest BCUT2D eigenvalue weighted by atomic mass is 32.1. The van der Waals surface area contributed by atoms with E-state index in [-0.39, 0.29) is 0 Å². The first-order valence-electron chi connectivity index (χ1n) is 5.80. The van der Waals surface area contributed by atoms with Crippen LogP contribution in [0.2, 0.25) is 0 Å². The van der Waals surface area contributed by atoms with Crippen molar-refractivity contribution in [1.29, 1.82) is 0 Å². The second-order valence-electron chi connectivity index (χ2n) is 4.33. The number of halogens is 2. The third-order valence-electron chi connectivity index (χ3n) is 2.90. The van der Waals surface area contributed by atoms with E-state index < -0.39 is 11.6 Å². The molecule has 0 bridgehead atoms. The van der Waals surface area contributed by atoms with Gasteiger partial charge in [-0.1, -0.05) is 13.0 Å². The van der Waals surface area contributed by atoms with Crippen LogP contribution in [0.5, 0.6) is 0 Å². The Labute approximate surface area is 109 Å². The molecule has 1 unspecified atom stereocenters. The second kappa shape index (κ2) is 5.59. The van der Waals surface area contributed by atoms with Gasteiger partial charge in [0.15, 0.2) is 11.6 Å². The fourth-order valence-corrected chi connectivity index (χ4v) is 2.86. The van der Waals surface area contributed by atoms with Crippen LogP contribution >= 0.6 is 11.3 Å². The number of rotatable bonds is 4. The molecule has 0 aliphatic heterocycles. The van der Waals surface area contributed by atoms with Crippen molar-refractivity contribution >= 4 is 11.3 Å². The highest BCUT2D eigenvalue weighted by Gasteiger charge is 2.10. The minimum absolute atomic E-state index is 0.408. The van der Waals surface area contributed by atoms with Crippen LogP contribution in [0.3, 0.4) is 0 Å². The molecule has 4 heteroatoms. The lowest BCUT2D eigenvalue weighted by molar-refractivity contribution is 0.509. The van der Waals surface area contributed by atoms with Gasteiger partial charge in [0.25, 0.3) is 0 Å². The SMILES string of the molecule is CNCC(C)c1csc(-c2ccc(F)c(F)c2)c1. The largest absolute Gasteiger partial charge is 0.319 e. The molecular weight excluding hydrogens is 252 g/mol. The van der Waals surface area contributed by atoms with Crippen molar-refractivity contribution < 1.29 is 8.78 Å². The van der Waals surface area contributed by atoms with E-state index in [1.807, 2.05) is 13.1 Å². The first kappa shape index (κ1) is 13.2. The van der Waals surface area contributed by atoms with Gasteiger partial charge >= 0.3 is 0 Å². The Bertz CT molecular complexity index is 536. The van der Waals surface area contributed by atoms with Gasteiger partial charge in [-0.25, -0.2) is 8.78 Å². The molecule has 1 heterocycles. The Morgan fingerprint density at radius 2 is 2.00 bits per heavy atom. The van der Waals surface area contributed by atoms with E-state index in [9.17, 15) is 8.78 Å². The van der Waals surface area contributed by atoms with Crippen molar-refractivity contribution in [2.24, 2.45) is 0 Å². The molecule has 1 aromatic heterocycles. The zero-order chi connectivity index (χ0) is 13.1. The van der Waals surface area contributed by atoms with E-state index in [2.05, 4.69) is 17.6 Å². The molecule has 0 saturated carbocycles. The highest BCUT2D eigenvalue weighted by Crippen LogP contribution is 2.31. The summed E-state index contributed by atoms with van der Waals surface area (Å²) in [4.78, 5) is 0.965. The van der Waals surface area contributed by atoms with Gasteiger partial charge in [-0.2, -0.15) is 0 Å². The fraction of sp³-hybridized carbons (Fsp3) is 0.286. The Morgan fingerprint density at radius 1 is 1.22 bits per heavy atom. The zero-order valence-corrected chi connectivity index (χ0v) is 11.2. The molecular formula is C14H15F2NS. The second-order valence-corrected chi connectivity index (χ2v) is 5.24. The fourth-order valence-electron chi connectivity index (χ4n) is 1.83. The van der Waals surface area contributed by atoms with Crippen molar-refractivity contribution in [1.82, 2.24) is 5.32 Å². The Balaban J connectivity index is 2.26. The minimum atomic E-state index is -0.806. The first-order chi connectivity index (χ1) is 8.61. The maximum atomic E-state index is 13.2. The smallest absolute Gasteiger partial charge is 0.159 e. The van der Waals surface area contributed by atoms with Crippen LogP contribution in [-0.4, -0.2) is 13.6 Å². The molecule has 1 aromatic carbocycles. The van der Waals surface area contributed by atoms with Gasteiger partial charge in [-0.15, -0.1) is 11.3 Å². The number of thiophene rings is 1. The maximum Gasteiger partial charge on any atom is 0.159 e. The number of hydrogen-bond donors (Lipinski definition) is 1. The molecule has 1 N–H and O–H groups in total. The summed E-state index contributed by atoms with van der Waals surface area (Å²) in [5, 5.41) is 5.19. The van der Waals surface area contributed by atoms with E-state index in [0.717, 1.165) is 17.0 Å². The number of likely N-dealkylation sites (N-methyl/N-ethyl adjacent to an activating group) is 1. The van der Waals surface area contributed by atoms with Crippen LogP contribution in [0, 0.1) is 11.6 Å². The van der Waals surface area contributed by atoms with Crippen LogP contribution in [0.15, 0.2) is 29.6 Å². The van der Waals surface area contributed by atoms with Crippen LogP contribution in [0.25, 0.3) is 10.4 Å². The summed E-state index contributed by atoms with van der Waals surface area (Å²) in [5.41, 5.74) is 1.94. The molecule has 1 nitrogen and oxygen atoms in total. The summed E-state index contributed by atoms with van der Waals surface area (Å²) in [6.07, 6.45) is 0. The van der Waals surface area contributed by atoms with Crippen molar-refractivity contribution in [3.8, 4) is 10.4 Å². The monoisotopic (exact) mass is 267 g/mol. The number of nitrogens with one attached hydrogen (secondary N) is 1. The summed E-state index contributed by atoms with van der Waals surface area (Å²) in [6.45, 7) is 3.03. The zero-order valence-electron chi connectivity index (χ0n) is 10.3. The topological polar surface area (TPSA) is 12.0 Å². The molecule has 0 aliphatic carbocycles. The van der Waals surface area contributed by atoms with Crippen molar-refractivity contribution in [2.45, 2.75) is 12.8 Å². The standard InChI is InChI=1S/C14H15F2NS/c1-9(7-17-2)11-6-14(18-8-11)10-3-4-12(15)13(16)5-10/h3-6,8-9,17H,7H2,1-2H3. The van der Waals surface area contributed by atoms with Gasteiger partial charge in [0.2, 0.25) is 0 Å². The Morgan fingerprint density at radius 3 is 2.67 bits per heavy atom. The van der Waals surface area contributed by atoms with Crippen LogP contribution < -0.4 is 5.32 Å². The predicted octanol–water partition coefficient (Wildman–Crippen LogP) is 4.02. The van der Waals surface area contributed by atoms with E-state index in [1.54, 1.807) is 17.4 Å². The average Bonchev–Trinajstić information content (AvgIpc) is 2.82. The van der Waals surface area contributed by atoms with E-state index >= 15 is 0 Å². The van der Waals surface area contributed by atoms with Crippen molar-refractivity contribution in [3.05, 3.63) is 46.8 Å². The molecule has 0 spiro atoms. The summed E-state index contributed by atoms with van der Waals surface area (Å²) in [5.74, 6) is -1.20. The summed E-state index contributed by atoms with van der Waals surface area (Å²) < 4.78 is 26.0. The predicted molar refractivity (Wildman–Crippen MR) is 72.0 cm³/mol. The number of hydrogen-bond acceptors (Lipinski definition) is 2. The molecule has 96 valence electrons. The molecule has 0 aliphatic rings. The normalized spacial score (nSPS) is 12.7. The molecule has 1 atom stereocenters. The maximum absolute atomic E-state index is 13.2. The van der Waals surface area contributed by atoms with Gasteiger partial charge < -0.3 is 5.32 Å². The third kappa shape index (κ3) is 2.76. The highest BCUT2D eigenvalue weighted by molar-refractivity contribution is 7.13. The van der Waals surface area contributed by atoms with Crippen LogP contribution in [-0.2, 0) is 0 Å². The van der Waals surface area contributed by atoms with Crippen LogP contribution in [0.1, 0.15) is 18.4 Å². The van der Waals surface area contributed by atoms with Crippen molar-refractivity contribution in [2.75, 3.05) is 13.6 Å².